The van der Waals surface area contributed by atoms with Crippen molar-refractivity contribution in [3.05, 3.63) is 30.6 Å². The highest BCUT2D eigenvalue weighted by Crippen LogP contribution is 2.20. The molecule has 0 aromatic carbocycles. The van der Waals surface area contributed by atoms with Crippen molar-refractivity contribution in [1.29, 1.82) is 0 Å². The predicted octanol–water partition coefficient (Wildman–Crippen LogP) is 1.11. The fourth-order valence-electron chi connectivity index (χ4n) is 1.37. The molecular formula is C10H10N2O2. The summed E-state index contributed by atoms with van der Waals surface area (Å²) >= 11 is 0. The van der Waals surface area contributed by atoms with E-state index in [-0.39, 0.29) is 6.10 Å². The van der Waals surface area contributed by atoms with Crippen LogP contribution in [0.15, 0.2) is 30.6 Å². The number of pyridine rings is 1. The fourth-order valence-corrected chi connectivity index (χ4v) is 1.37. The van der Waals surface area contributed by atoms with Gasteiger partial charge in [-0.1, -0.05) is 6.07 Å². The van der Waals surface area contributed by atoms with Crippen LogP contribution in [0.4, 0.5) is 0 Å². The lowest BCUT2D eigenvalue weighted by molar-refractivity contribution is 0.265. The van der Waals surface area contributed by atoms with Crippen molar-refractivity contribution < 1.29 is 9.47 Å². The van der Waals surface area contributed by atoms with Gasteiger partial charge in [0.05, 0.1) is 12.8 Å². The molecule has 14 heavy (non-hydrogen) atoms. The van der Waals surface area contributed by atoms with E-state index >= 15 is 0 Å². The number of ether oxygens (including phenoxy) is 2. The summed E-state index contributed by atoms with van der Waals surface area (Å²) < 4.78 is 12.4. The quantitative estimate of drug-likeness (QED) is 0.680. The smallest absolute Gasteiger partial charge is 0.165 e. The fraction of sp³-hybridized carbons (Fsp3) is 0.300. The largest absolute Gasteiger partial charge is 0.487 e. The average molecular weight is 190 g/mol. The third-order valence-electron chi connectivity index (χ3n) is 2.22. The van der Waals surface area contributed by atoms with Crippen LogP contribution in [0, 0.1) is 0 Å². The zero-order valence-electron chi connectivity index (χ0n) is 7.59. The Morgan fingerprint density at radius 3 is 3.36 bits per heavy atom. The van der Waals surface area contributed by atoms with Crippen molar-refractivity contribution in [3.8, 4) is 5.75 Å². The van der Waals surface area contributed by atoms with E-state index in [1.165, 1.54) is 0 Å². The molecule has 0 N–H and O–H groups in total. The maximum Gasteiger partial charge on any atom is 0.165 e. The van der Waals surface area contributed by atoms with Gasteiger partial charge in [-0.2, -0.15) is 5.10 Å². The van der Waals surface area contributed by atoms with Gasteiger partial charge in [-0.3, -0.25) is 0 Å². The van der Waals surface area contributed by atoms with Gasteiger partial charge in [0.15, 0.2) is 5.75 Å². The molecule has 0 radical (unpaired) electrons. The van der Waals surface area contributed by atoms with Crippen molar-refractivity contribution in [1.82, 2.24) is 9.61 Å². The molecule has 0 bridgehead atoms. The molecule has 2 aromatic heterocycles. The number of hydrogen-bond donors (Lipinski definition) is 0. The van der Waals surface area contributed by atoms with Crippen LogP contribution in [0.2, 0.25) is 0 Å². The lowest BCUT2D eigenvalue weighted by atomic mass is 10.4. The van der Waals surface area contributed by atoms with Crippen LogP contribution in [0.25, 0.3) is 5.52 Å². The molecule has 1 saturated heterocycles. The molecule has 1 atom stereocenters. The number of nitrogens with zero attached hydrogens (tertiary/aromatic N) is 2. The molecule has 1 fully saturated rings. The third kappa shape index (κ3) is 1.33. The lowest BCUT2D eigenvalue weighted by Crippen LogP contribution is -2.03. The number of epoxide rings is 1. The first-order valence-corrected chi connectivity index (χ1v) is 4.60. The van der Waals surface area contributed by atoms with Gasteiger partial charge in [0, 0.05) is 6.20 Å². The van der Waals surface area contributed by atoms with Gasteiger partial charge in [0.2, 0.25) is 0 Å². The molecule has 3 rings (SSSR count). The van der Waals surface area contributed by atoms with E-state index in [9.17, 15) is 0 Å². The summed E-state index contributed by atoms with van der Waals surface area (Å²) in [5.74, 6) is 0.820. The standard InChI is InChI=1S/C10H10N2O2/c1-2-4-12-9(3-1)10(5-11-12)14-7-8-6-13-8/h1-5,8H,6-7H2. The second-order valence-electron chi connectivity index (χ2n) is 3.31. The summed E-state index contributed by atoms with van der Waals surface area (Å²) in [5.41, 5.74) is 0.994. The van der Waals surface area contributed by atoms with E-state index in [1.807, 2.05) is 24.4 Å². The highest BCUT2D eigenvalue weighted by molar-refractivity contribution is 5.58. The van der Waals surface area contributed by atoms with Crippen LogP contribution >= 0.6 is 0 Å². The maximum atomic E-state index is 5.57. The van der Waals surface area contributed by atoms with E-state index in [2.05, 4.69) is 5.10 Å². The summed E-state index contributed by atoms with van der Waals surface area (Å²) in [7, 11) is 0. The second-order valence-corrected chi connectivity index (χ2v) is 3.31. The monoisotopic (exact) mass is 190 g/mol. The van der Waals surface area contributed by atoms with Crippen LogP contribution in [-0.4, -0.2) is 28.9 Å². The third-order valence-corrected chi connectivity index (χ3v) is 2.22. The van der Waals surface area contributed by atoms with Gasteiger partial charge < -0.3 is 9.47 Å². The molecule has 1 aliphatic rings. The molecule has 0 spiro atoms. The van der Waals surface area contributed by atoms with Crippen molar-refractivity contribution in [2.45, 2.75) is 6.10 Å². The van der Waals surface area contributed by atoms with Gasteiger partial charge in [-0.05, 0) is 12.1 Å². The van der Waals surface area contributed by atoms with Gasteiger partial charge >= 0.3 is 0 Å². The van der Waals surface area contributed by atoms with Crippen LogP contribution < -0.4 is 4.74 Å². The van der Waals surface area contributed by atoms with Crippen LogP contribution in [0.5, 0.6) is 5.75 Å². The average Bonchev–Trinajstić information content (AvgIpc) is 2.96. The Kier molecular flexibility index (Phi) is 1.67. The molecule has 1 unspecified atom stereocenters. The molecule has 4 nitrogen and oxygen atoms in total. The van der Waals surface area contributed by atoms with Crippen LogP contribution in [-0.2, 0) is 4.74 Å². The summed E-state index contributed by atoms with van der Waals surface area (Å²) in [5, 5.41) is 4.17. The first kappa shape index (κ1) is 7.82. The van der Waals surface area contributed by atoms with Crippen LogP contribution in [0.1, 0.15) is 0 Å². The highest BCUT2D eigenvalue weighted by atomic mass is 16.6. The summed E-state index contributed by atoms with van der Waals surface area (Å²) in [6.45, 7) is 1.44. The van der Waals surface area contributed by atoms with E-state index in [1.54, 1.807) is 10.7 Å². The molecule has 1 aliphatic heterocycles. The van der Waals surface area contributed by atoms with E-state index in [0.29, 0.717) is 6.61 Å². The van der Waals surface area contributed by atoms with Gasteiger partial charge in [0.25, 0.3) is 0 Å². The number of hydrogen-bond acceptors (Lipinski definition) is 3. The Hall–Kier alpha value is -1.55. The zero-order chi connectivity index (χ0) is 9.38. The first-order valence-electron chi connectivity index (χ1n) is 4.60. The van der Waals surface area contributed by atoms with Crippen LogP contribution in [0.3, 0.4) is 0 Å². The SMILES string of the molecule is c1ccn2ncc(OCC3CO3)c2c1. The van der Waals surface area contributed by atoms with Crippen molar-refractivity contribution in [2.24, 2.45) is 0 Å². The summed E-state index contributed by atoms with van der Waals surface area (Å²) in [6, 6.07) is 5.89. The second kappa shape index (κ2) is 2.99. The van der Waals surface area contributed by atoms with E-state index in [4.69, 9.17) is 9.47 Å². The van der Waals surface area contributed by atoms with E-state index < -0.39 is 0 Å². The molecule has 2 aromatic rings. The molecular weight excluding hydrogens is 180 g/mol. The van der Waals surface area contributed by atoms with Gasteiger partial charge in [-0.25, -0.2) is 4.52 Å². The molecule has 0 saturated carbocycles. The summed E-state index contributed by atoms with van der Waals surface area (Å²) in [4.78, 5) is 0. The normalized spacial score (nSPS) is 19.9. The number of aromatic nitrogens is 2. The Morgan fingerprint density at radius 1 is 1.57 bits per heavy atom. The Morgan fingerprint density at radius 2 is 2.50 bits per heavy atom. The Bertz CT molecular complexity index is 448. The topological polar surface area (TPSA) is 39.1 Å². The first-order chi connectivity index (χ1) is 6.93. The Labute approximate surface area is 81.1 Å². The minimum Gasteiger partial charge on any atom is -0.487 e. The number of rotatable bonds is 3. The maximum absolute atomic E-state index is 5.57. The molecule has 0 amide bonds. The zero-order valence-corrected chi connectivity index (χ0v) is 7.59. The number of fused-ring (bicyclic) bond motifs is 1. The molecule has 3 heterocycles. The highest BCUT2D eigenvalue weighted by Gasteiger charge is 2.23. The van der Waals surface area contributed by atoms with Crippen molar-refractivity contribution >= 4 is 5.52 Å². The summed E-state index contributed by atoms with van der Waals surface area (Å²) in [6.07, 6.45) is 3.92. The van der Waals surface area contributed by atoms with Gasteiger partial charge in [-0.15, -0.1) is 0 Å². The van der Waals surface area contributed by atoms with Crippen molar-refractivity contribution in [3.63, 3.8) is 0 Å². The minimum absolute atomic E-state index is 0.286. The predicted molar refractivity (Wildman–Crippen MR) is 50.4 cm³/mol. The molecule has 4 heteroatoms. The molecule has 72 valence electrons. The lowest BCUT2D eigenvalue weighted by Gasteiger charge is -2.00. The Balaban J connectivity index is 1.87. The van der Waals surface area contributed by atoms with E-state index in [0.717, 1.165) is 17.9 Å². The molecule has 0 aliphatic carbocycles. The van der Waals surface area contributed by atoms with Crippen molar-refractivity contribution in [2.75, 3.05) is 13.2 Å². The minimum atomic E-state index is 0.286. The van der Waals surface area contributed by atoms with Gasteiger partial charge in [0.1, 0.15) is 18.2 Å².